The molecule has 0 spiro atoms. The minimum atomic E-state index is -8.62. The fraction of sp³-hybridized carbons (Fsp3) is 1.00. The van der Waals surface area contributed by atoms with Crippen LogP contribution in [-0.2, 0) is 8.23 Å². The van der Waals surface area contributed by atoms with Crippen molar-refractivity contribution < 1.29 is 82.9 Å². The lowest BCUT2D eigenvalue weighted by molar-refractivity contribution is -0.461. The lowest BCUT2D eigenvalue weighted by Gasteiger charge is -2.43. The molecule has 0 aliphatic heterocycles. The van der Waals surface area contributed by atoms with E-state index in [0.717, 1.165) is 6.55 Å². The minimum absolute atomic E-state index is 0.997. The van der Waals surface area contributed by atoms with Gasteiger partial charge < -0.3 is 8.23 Å². The van der Waals surface area contributed by atoms with Gasteiger partial charge in [0.25, 0.3) is 0 Å². The van der Waals surface area contributed by atoms with Gasteiger partial charge in [-0.3, -0.25) is 0 Å². The van der Waals surface area contributed by atoms with Gasteiger partial charge in [0, 0.05) is 6.42 Å². The van der Waals surface area contributed by atoms with Gasteiger partial charge in [-0.2, -0.15) is 74.6 Å². The van der Waals surface area contributed by atoms with E-state index in [1.165, 1.54) is 26.2 Å². The van der Waals surface area contributed by atoms with E-state index in [9.17, 15) is 74.6 Å². The van der Waals surface area contributed by atoms with Crippen LogP contribution >= 0.6 is 0 Å². The van der Waals surface area contributed by atoms with Gasteiger partial charge in [-0.05, 0) is 38.8 Å². The summed E-state index contributed by atoms with van der Waals surface area (Å²) < 4.78 is 237. The summed E-state index contributed by atoms with van der Waals surface area (Å²) in [5.41, 5.74) is 0. The van der Waals surface area contributed by atoms with Crippen LogP contribution in [0, 0.1) is 0 Å². The maximum atomic E-state index is 14.1. The molecule has 37 heavy (non-hydrogen) atoms. The average molecular weight is 639 g/mol. The molecular formula is C15H19F17O2Si3. The summed E-state index contributed by atoms with van der Waals surface area (Å²) in [5, 5.41) is 0. The van der Waals surface area contributed by atoms with E-state index < -0.39 is 86.7 Å². The Hall–Kier alpha value is -0.619. The van der Waals surface area contributed by atoms with E-state index in [1.807, 2.05) is 0 Å². The fourth-order valence-corrected chi connectivity index (χ4v) is 11.8. The van der Waals surface area contributed by atoms with Crippen LogP contribution in [-0.4, -0.2) is 74.3 Å². The second-order valence-corrected chi connectivity index (χ2v) is 16.3. The van der Waals surface area contributed by atoms with Gasteiger partial charge in [-0.15, -0.1) is 0 Å². The first kappa shape index (κ1) is 36.4. The Bertz CT molecular complexity index is 772. The van der Waals surface area contributed by atoms with Crippen LogP contribution < -0.4 is 0 Å². The SMILES string of the molecule is C[Si](C)O[Si](C)(CCC(F)(F)C(F)(F)C(F)(F)C(F)(F)C(F)(F)C(F)(F)C(F)(F)C(F)(F)F)O[Si](C)C. The summed E-state index contributed by atoms with van der Waals surface area (Å²) in [6, 6.07) is -1.35. The first-order valence-electron chi connectivity index (χ1n) is 9.49. The van der Waals surface area contributed by atoms with Crippen LogP contribution in [0.15, 0.2) is 0 Å². The highest BCUT2D eigenvalue weighted by Crippen LogP contribution is 2.64. The molecule has 0 aromatic carbocycles. The van der Waals surface area contributed by atoms with Crippen molar-refractivity contribution in [2.24, 2.45) is 0 Å². The Morgan fingerprint density at radius 3 is 1.03 bits per heavy atom. The molecule has 0 atom stereocenters. The van der Waals surface area contributed by atoms with Crippen LogP contribution in [0.4, 0.5) is 74.6 Å². The Morgan fingerprint density at radius 2 is 0.757 bits per heavy atom. The van der Waals surface area contributed by atoms with Gasteiger partial charge in [0.05, 0.1) is 0 Å². The first-order chi connectivity index (χ1) is 15.8. The Balaban J connectivity index is 6.53. The number of hydrogen-bond acceptors (Lipinski definition) is 2. The monoisotopic (exact) mass is 638 g/mol. The van der Waals surface area contributed by atoms with Crippen molar-refractivity contribution >= 4 is 26.6 Å². The maximum absolute atomic E-state index is 14.1. The van der Waals surface area contributed by atoms with Gasteiger partial charge in [0.15, 0.2) is 18.1 Å². The summed E-state index contributed by atoms with van der Waals surface area (Å²) in [7, 11) is -7.62. The van der Waals surface area contributed by atoms with Crippen molar-refractivity contribution in [2.75, 3.05) is 0 Å². The number of rotatable bonds is 13. The molecule has 0 aromatic heterocycles. The lowest BCUT2D eigenvalue weighted by Crippen LogP contribution is -2.74. The molecule has 0 N–H and O–H groups in total. The largest absolute Gasteiger partial charge is 0.460 e. The standard InChI is InChI=1S/C15H19F17O2Si3/c1-35(2)33-37(5,34-36(3)4)7-6-8(16,17)9(18,19)10(20,21)11(22,23)12(24,25)13(26,27)14(28,29)15(30,31)32/h6-7H2,1-5H3. The van der Waals surface area contributed by atoms with Crippen molar-refractivity contribution in [2.45, 2.75) is 92.8 Å². The average Bonchev–Trinajstić information content (AvgIpc) is 2.63. The van der Waals surface area contributed by atoms with Crippen molar-refractivity contribution in [3.63, 3.8) is 0 Å². The smallest absolute Gasteiger partial charge is 0.436 e. The van der Waals surface area contributed by atoms with Crippen LogP contribution in [0.25, 0.3) is 0 Å². The lowest BCUT2D eigenvalue weighted by atomic mass is 9.88. The predicted molar refractivity (Wildman–Crippen MR) is 98.9 cm³/mol. The molecule has 0 aromatic rings. The second kappa shape index (κ2) is 10.4. The van der Waals surface area contributed by atoms with Crippen LogP contribution in [0.2, 0.25) is 38.8 Å². The van der Waals surface area contributed by atoms with E-state index in [0.29, 0.717) is 0 Å². The summed E-state index contributed by atoms with van der Waals surface area (Å²) in [6.07, 6.45) is -10.3. The van der Waals surface area contributed by atoms with Gasteiger partial charge in [0.2, 0.25) is 0 Å². The van der Waals surface area contributed by atoms with Gasteiger partial charge in [-0.1, -0.05) is 0 Å². The molecule has 0 unspecified atom stereocenters. The highest BCUT2D eigenvalue weighted by molar-refractivity contribution is 6.79. The van der Waals surface area contributed by atoms with E-state index >= 15 is 0 Å². The van der Waals surface area contributed by atoms with Crippen molar-refractivity contribution in [1.82, 2.24) is 0 Å². The van der Waals surface area contributed by atoms with Gasteiger partial charge in [-0.25, -0.2) is 0 Å². The molecule has 22 heteroatoms. The number of alkyl halides is 17. The molecule has 0 amide bonds. The molecule has 0 fully saturated rings. The summed E-state index contributed by atoms with van der Waals surface area (Å²) in [6.45, 7) is 6.60. The van der Waals surface area contributed by atoms with E-state index in [1.54, 1.807) is 0 Å². The fourth-order valence-electron chi connectivity index (χ4n) is 2.72. The zero-order chi connectivity index (χ0) is 30.5. The topological polar surface area (TPSA) is 18.5 Å². The van der Waals surface area contributed by atoms with E-state index in [2.05, 4.69) is 0 Å². The van der Waals surface area contributed by atoms with Gasteiger partial charge >= 0.3 is 56.2 Å². The van der Waals surface area contributed by atoms with Crippen LogP contribution in [0.5, 0.6) is 0 Å². The van der Waals surface area contributed by atoms with Gasteiger partial charge in [0.1, 0.15) is 0 Å². The molecule has 2 radical (unpaired) electrons. The molecule has 0 bridgehead atoms. The quantitative estimate of drug-likeness (QED) is 0.151. The normalized spacial score (nSPS) is 16.2. The molecule has 2 nitrogen and oxygen atoms in total. The third-order valence-corrected chi connectivity index (χ3v) is 12.4. The first-order valence-corrected chi connectivity index (χ1v) is 16.8. The summed E-state index contributed by atoms with van der Waals surface area (Å²) >= 11 is 0. The third-order valence-electron chi connectivity index (χ3n) is 4.52. The predicted octanol–water partition coefficient (Wildman–Crippen LogP) is 7.99. The highest BCUT2D eigenvalue weighted by Gasteiger charge is 2.95. The van der Waals surface area contributed by atoms with E-state index in [-0.39, 0.29) is 0 Å². The summed E-state index contributed by atoms with van der Waals surface area (Å²) in [4.78, 5) is 0. The highest BCUT2D eigenvalue weighted by atomic mass is 28.5. The van der Waals surface area contributed by atoms with Crippen LogP contribution in [0.1, 0.15) is 6.42 Å². The molecule has 0 saturated heterocycles. The molecule has 222 valence electrons. The van der Waals surface area contributed by atoms with Crippen LogP contribution in [0.3, 0.4) is 0 Å². The van der Waals surface area contributed by atoms with Crippen molar-refractivity contribution in [3.05, 3.63) is 0 Å². The Morgan fingerprint density at radius 1 is 0.486 bits per heavy atom. The Kier molecular flexibility index (Phi) is 10.2. The molecular weight excluding hydrogens is 619 g/mol. The number of hydrogen-bond donors (Lipinski definition) is 0. The maximum Gasteiger partial charge on any atom is 0.460 e. The molecule has 0 heterocycles. The van der Waals surface area contributed by atoms with E-state index in [4.69, 9.17) is 8.23 Å². The van der Waals surface area contributed by atoms with Crippen molar-refractivity contribution in [1.29, 1.82) is 0 Å². The molecule has 0 rings (SSSR count). The number of halogens is 17. The Labute approximate surface area is 203 Å². The molecule has 0 aliphatic rings. The third kappa shape index (κ3) is 6.26. The second-order valence-electron chi connectivity index (χ2n) is 8.30. The zero-order valence-electron chi connectivity index (χ0n) is 19.2. The molecule has 0 saturated carbocycles. The minimum Gasteiger partial charge on any atom is -0.436 e. The molecule has 0 aliphatic carbocycles. The summed E-state index contributed by atoms with van der Waals surface area (Å²) in [5.74, 6) is -56.3. The zero-order valence-corrected chi connectivity index (χ0v) is 22.2. The van der Waals surface area contributed by atoms with Crippen molar-refractivity contribution in [3.8, 4) is 0 Å².